The Hall–Kier alpha value is 0.0200. The number of rotatable bonds is 2. The molecule has 8 heavy (non-hydrogen) atoms. The first-order chi connectivity index (χ1) is 3.93. The number of carbonyl (C=O) groups excluding carboxylic acids is 1. The molecular weight excluding hydrogens is 120 g/mol. The van der Waals surface area contributed by atoms with E-state index >= 15 is 0 Å². The van der Waals surface area contributed by atoms with E-state index < -0.39 is 0 Å². The van der Waals surface area contributed by atoms with Gasteiger partial charge in [0.25, 0.3) is 0 Å². The van der Waals surface area contributed by atoms with Crippen LogP contribution in [-0.2, 0) is 4.79 Å². The minimum atomic E-state index is 0.604. The number of thioether (sulfide) groups is 1. The number of hydrogen-bond donors (Lipinski definition) is 0. The molecule has 1 saturated heterocycles. The lowest BCUT2D eigenvalue weighted by atomic mass is 10.2. The van der Waals surface area contributed by atoms with Crippen LogP contribution in [0, 0.1) is 0 Å². The van der Waals surface area contributed by atoms with Gasteiger partial charge in [-0.3, -0.25) is 4.79 Å². The van der Waals surface area contributed by atoms with Crippen LogP contribution in [0.3, 0.4) is 0 Å². The van der Waals surface area contributed by atoms with Gasteiger partial charge in [-0.05, 0) is 18.6 Å². The molecule has 0 aromatic heterocycles. The second kappa shape index (κ2) is 3.13. The molecule has 1 radical (unpaired) electrons. The summed E-state index contributed by atoms with van der Waals surface area (Å²) in [5, 5.41) is 0.604. The SMILES string of the molecule is O=[C]CC1CCCS1. The van der Waals surface area contributed by atoms with Gasteiger partial charge in [0.2, 0.25) is 0 Å². The first-order valence-corrected chi connectivity index (χ1v) is 3.95. The minimum absolute atomic E-state index is 0.604. The van der Waals surface area contributed by atoms with Crippen molar-refractivity contribution >= 4 is 18.0 Å². The van der Waals surface area contributed by atoms with Gasteiger partial charge in [0, 0.05) is 11.7 Å². The van der Waals surface area contributed by atoms with Crippen molar-refractivity contribution in [2.75, 3.05) is 5.75 Å². The molecule has 0 saturated carbocycles. The zero-order valence-corrected chi connectivity index (χ0v) is 5.54. The summed E-state index contributed by atoms with van der Waals surface area (Å²) in [4.78, 5) is 9.82. The highest BCUT2D eigenvalue weighted by atomic mass is 32.2. The van der Waals surface area contributed by atoms with Crippen LogP contribution in [0.4, 0.5) is 0 Å². The van der Waals surface area contributed by atoms with Crippen LogP contribution in [0.1, 0.15) is 19.3 Å². The average Bonchev–Trinajstić information content (AvgIpc) is 2.19. The molecule has 0 aliphatic carbocycles. The summed E-state index contributed by atoms with van der Waals surface area (Å²) in [5.74, 6) is 1.24. The highest BCUT2D eigenvalue weighted by Gasteiger charge is 2.14. The van der Waals surface area contributed by atoms with E-state index in [1.54, 1.807) is 0 Å². The van der Waals surface area contributed by atoms with Gasteiger partial charge < -0.3 is 0 Å². The highest BCUT2D eigenvalue weighted by molar-refractivity contribution is 8.00. The molecule has 2 heteroatoms. The fourth-order valence-corrected chi connectivity index (χ4v) is 2.08. The summed E-state index contributed by atoms with van der Waals surface area (Å²) in [7, 11) is 0. The molecule has 0 bridgehead atoms. The summed E-state index contributed by atoms with van der Waals surface area (Å²) in [6.07, 6.45) is 5.09. The normalized spacial score (nSPS) is 28.2. The molecule has 0 aromatic carbocycles. The molecule has 1 heterocycles. The molecule has 0 spiro atoms. The summed E-state index contributed by atoms with van der Waals surface area (Å²) >= 11 is 1.90. The van der Waals surface area contributed by atoms with Crippen LogP contribution in [0.15, 0.2) is 0 Å². The first kappa shape index (κ1) is 6.14. The van der Waals surface area contributed by atoms with Crippen molar-refractivity contribution in [2.24, 2.45) is 0 Å². The Balaban J connectivity index is 2.14. The molecule has 1 nitrogen and oxygen atoms in total. The lowest BCUT2D eigenvalue weighted by molar-refractivity contribution is 0.549. The second-order valence-electron chi connectivity index (χ2n) is 1.98. The molecule has 1 atom stereocenters. The lowest BCUT2D eigenvalue weighted by Crippen LogP contribution is -1.95. The largest absolute Gasteiger partial charge is 0.291 e. The highest BCUT2D eigenvalue weighted by Crippen LogP contribution is 2.27. The number of hydrogen-bond acceptors (Lipinski definition) is 2. The smallest absolute Gasteiger partial charge is 0.199 e. The summed E-state index contributed by atoms with van der Waals surface area (Å²) < 4.78 is 0. The van der Waals surface area contributed by atoms with E-state index in [-0.39, 0.29) is 0 Å². The maximum atomic E-state index is 9.82. The van der Waals surface area contributed by atoms with Crippen LogP contribution in [0.5, 0.6) is 0 Å². The quantitative estimate of drug-likeness (QED) is 0.560. The van der Waals surface area contributed by atoms with E-state index in [0.717, 1.165) is 0 Å². The van der Waals surface area contributed by atoms with Gasteiger partial charge in [-0.15, -0.1) is 0 Å². The predicted molar refractivity (Wildman–Crippen MR) is 35.8 cm³/mol. The average molecular weight is 129 g/mol. The van der Waals surface area contributed by atoms with Crippen LogP contribution in [0.25, 0.3) is 0 Å². The Morgan fingerprint density at radius 2 is 2.62 bits per heavy atom. The fourth-order valence-electron chi connectivity index (χ4n) is 0.898. The molecule has 1 unspecified atom stereocenters. The van der Waals surface area contributed by atoms with E-state index in [1.807, 2.05) is 18.0 Å². The molecule has 0 N–H and O–H groups in total. The van der Waals surface area contributed by atoms with Crippen molar-refractivity contribution in [3.05, 3.63) is 0 Å². The summed E-state index contributed by atoms with van der Waals surface area (Å²) in [6.45, 7) is 0. The van der Waals surface area contributed by atoms with Crippen molar-refractivity contribution in [3.8, 4) is 0 Å². The monoisotopic (exact) mass is 129 g/mol. The molecule has 0 amide bonds. The fraction of sp³-hybridized carbons (Fsp3) is 0.833. The van der Waals surface area contributed by atoms with Crippen molar-refractivity contribution < 1.29 is 4.79 Å². The van der Waals surface area contributed by atoms with Gasteiger partial charge in [0.15, 0.2) is 6.29 Å². The minimum Gasteiger partial charge on any atom is -0.291 e. The third-order valence-electron chi connectivity index (χ3n) is 1.33. The Morgan fingerprint density at radius 1 is 1.75 bits per heavy atom. The van der Waals surface area contributed by atoms with Crippen LogP contribution in [-0.4, -0.2) is 17.3 Å². The standard InChI is InChI=1S/C6H9OS/c7-4-3-6-2-1-5-8-6/h6H,1-3,5H2. The van der Waals surface area contributed by atoms with Crippen molar-refractivity contribution in [3.63, 3.8) is 0 Å². The Labute approximate surface area is 53.8 Å². The Morgan fingerprint density at radius 3 is 3.12 bits per heavy atom. The van der Waals surface area contributed by atoms with Gasteiger partial charge in [-0.2, -0.15) is 11.8 Å². The lowest BCUT2D eigenvalue weighted by Gasteiger charge is -1.97. The van der Waals surface area contributed by atoms with E-state index in [1.165, 1.54) is 18.6 Å². The van der Waals surface area contributed by atoms with E-state index in [0.29, 0.717) is 11.7 Å². The predicted octanol–water partition coefficient (Wildman–Crippen LogP) is 1.38. The molecule has 45 valence electrons. The molecule has 0 aromatic rings. The van der Waals surface area contributed by atoms with Crippen LogP contribution < -0.4 is 0 Å². The third kappa shape index (κ3) is 1.51. The summed E-state index contributed by atoms with van der Waals surface area (Å²) in [5.41, 5.74) is 0. The van der Waals surface area contributed by atoms with E-state index in [9.17, 15) is 4.79 Å². The van der Waals surface area contributed by atoms with Crippen LogP contribution >= 0.6 is 11.8 Å². The van der Waals surface area contributed by atoms with E-state index in [2.05, 4.69) is 0 Å². The molecular formula is C6H9OS. The van der Waals surface area contributed by atoms with Crippen molar-refractivity contribution in [2.45, 2.75) is 24.5 Å². The summed E-state index contributed by atoms with van der Waals surface area (Å²) in [6, 6.07) is 0. The van der Waals surface area contributed by atoms with Crippen LogP contribution in [0.2, 0.25) is 0 Å². The van der Waals surface area contributed by atoms with Gasteiger partial charge in [-0.25, -0.2) is 0 Å². The molecule has 1 fully saturated rings. The van der Waals surface area contributed by atoms with Crippen molar-refractivity contribution in [1.29, 1.82) is 0 Å². The maximum absolute atomic E-state index is 9.82. The zero-order chi connectivity index (χ0) is 5.82. The van der Waals surface area contributed by atoms with Gasteiger partial charge >= 0.3 is 0 Å². The first-order valence-electron chi connectivity index (χ1n) is 2.90. The second-order valence-corrected chi connectivity index (χ2v) is 3.39. The van der Waals surface area contributed by atoms with Crippen molar-refractivity contribution in [1.82, 2.24) is 0 Å². The molecule has 1 rings (SSSR count). The van der Waals surface area contributed by atoms with E-state index in [4.69, 9.17) is 0 Å². The van der Waals surface area contributed by atoms with Gasteiger partial charge in [0.05, 0.1) is 0 Å². The Bertz CT molecular complexity index is 76.6. The van der Waals surface area contributed by atoms with Gasteiger partial charge in [-0.1, -0.05) is 0 Å². The zero-order valence-electron chi connectivity index (χ0n) is 4.72. The van der Waals surface area contributed by atoms with Gasteiger partial charge in [0.1, 0.15) is 0 Å². The molecule has 1 aliphatic heterocycles. The maximum Gasteiger partial charge on any atom is 0.199 e. The topological polar surface area (TPSA) is 17.1 Å². The molecule has 1 aliphatic rings. The Kier molecular flexibility index (Phi) is 2.40. The third-order valence-corrected chi connectivity index (χ3v) is 2.73.